The molecule has 0 bridgehead atoms. The van der Waals surface area contributed by atoms with Crippen LogP contribution in [0.15, 0.2) is 34.8 Å². The van der Waals surface area contributed by atoms with E-state index in [0.29, 0.717) is 0 Å². The highest BCUT2D eigenvalue weighted by Gasteiger charge is 2.17. The number of benzene rings is 2. The van der Waals surface area contributed by atoms with Crippen molar-refractivity contribution in [3.05, 3.63) is 67.6 Å². The molecule has 0 fully saturated rings. The van der Waals surface area contributed by atoms with E-state index in [2.05, 4.69) is 15.9 Å². The molecule has 0 saturated heterocycles. The summed E-state index contributed by atoms with van der Waals surface area (Å²) in [7, 11) is 0. The average Bonchev–Trinajstić information content (AvgIpc) is 2.36. The Balaban J connectivity index is 2.53. The fourth-order valence-corrected chi connectivity index (χ4v) is 2.85. The molecule has 0 radical (unpaired) electrons. The maximum absolute atomic E-state index is 10.6. The van der Waals surface area contributed by atoms with Crippen molar-refractivity contribution in [2.75, 3.05) is 0 Å². The molecule has 0 saturated carbocycles. The van der Waals surface area contributed by atoms with Crippen LogP contribution in [0.25, 0.3) is 0 Å². The van der Waals surface area contributed by atoms with Gasteiger partial charge in [-0.05, 0) is 54.7 Å². The van der Waals surface area contributed by atoms with Gasteiger partial charge in [-0.2, -0.15) is 0 Å². The standard InChI is InChI=1S/C16H16BrClO/c1-9-5-4-6-12(15(9)17)16(19)13-7-11(3)14(18)8-10(13)2/h4-8,16,19H,1-3H3. The summed E-state index contributed by atoms with van der Waals surface area (Å²) in [5, 5.41) is 11.4. The number of rotatable bonds is 2. The summed E-state index contributed by atoms with van der Waals surface area (Å²) in [6.45, 7) is 5.93. The zero-order valence-electron chi connectivity index (χ0n) is 11.2. The van der Waals surface area contributed by atoms with E-state index < -0.39 is 6.10 Å². The van der Waals surface area contributed by atoms with Crippen molar-refractivity contribution in [3.8, 4) is 0 Å². The lowest BCUT2D eigenvalue weighted by molar-refractivity contribution is 0.218. The van der Waals surface area contributed by atoms with Gasteiger partial charge in [0.2, 0.25) is 0 Å². The van der Waals surface area contributed by atoms with Gasteiger partial charge < -0.3 is 5.11 Å². The zero-order valence-corrected chi connectivity index (χ0v) is 13.5. The van der Waals surface area contributed by atoms with Gasteiger partial charge in [-0.3, -0.25) is 0 Å². The number of halogens is 2. The lowest BCUT2D eigenvalue weighted by Gasteiger charge is -2.18. The lowest BCUT2D eigenvalue weighted by atomic mass is 9.95. The Morgan fingerprint density at radius 2 is 1.68 bits per heavy atom. The van der Waals surface area contributed by atoms with Crippen LogP contribution >= 0.6 is 27.5 Å². The van der Waals surface area contributed by atoms with Crippen LogP contribution in [0.2, 0.25) is 5.02 Å². The van der Waals surface area contributed by atoms with Crippen molar-refractivity contribution in [1.29, 1.82) is 0 Å². The van der Waals surface area contributed by atoms with Crippen LogP contribution in [0.1, 0.15) is 33.9 Å². The third kappa shape index (κ3) is 2.86. The minimum atomic E-state index is -0.648. The van der Waals surface area contributed by atoms with Crippen LogP contribution in [-0.4, -0.2) is 5.11 Å². The largest absolute Gasteiger partial charge is 0.384 e. The first kappa shape index (κ1) is 14.6. The minimum Gasteiger partial charge on any atom is -0.384 e. The molecule has 1 unspecified atom stereocenters. The molecule has 0 spiro atoms. The first-order chi connectivity index (χ1) is 8.91. The summed E-state index contributed by atoms with van der Waals surface area (Å²) in [6.07, 6.45) is -0.648. The Morgan fingerprint density at radius 1 is 1.00 bits per heavy atom. The Hall–Kier alpha value is -0.830. The Morgan fingerprint density at radius 3 is 2.37 bits per heavy atom. The molecule has 0 amide bonds. The van der Waals surface area contributed by atoms with Crippen LogP contribution in [0.3, 0.4) is 0 Å². The SMILES string of the molecule is Cc1cc(C(O)c2cccc(C)c2Br)c(C)cc1Cl. The van der Waals surface area contributed by atoms with E-state index in [1.54, 1.807) is 0 Å². The predicted octanol–water partition coefficient (Wildman–Crippen LogP) is 5.11. The van der Waals surface area contributed by atoms with Crippen LogP contribution < -0.4 is 0 Å². The van der Waals surface area contributed by atoms with Gasteiger partial charge in [0, 0.05) is 9.50 Å². The smallest absolute Gasteiger partial charge is 0.105 e. The number of hydrogen-bond acceptors (Lipinski definition) is 1. The molecule has 1 N–H and O–H groups in total. The normalized spacial score (nSPS) is 12.5. The van der Waals surface area contributed by atoms with Crippen molar-refractivity contribution in [2.24, 2.45) is 0 Å². The molecule has 3 heteroatoms. The first-order valence-corrected chi connectivity index (χ1v) is 7.28. The summed E-state index contributed by atoms with van der Waals surface area (Å²) >= 11 is 9.65. The lowest BCUT2D eigenvalue weighted by Crippen LogP contribution is -2.04. The fourth-order valence-electron chi connectivity index (χ4n) is 2.15. The molecule has 19 heavy (non-hydrogen) atoms. The average molecular weight is 340 g/mol. The van der Waals surface area contributed by atoms with E-state index in [0.717, 1.165) is 37.3 Å². The van der Waals surface area contributed by atoms with Gasteiger partial charge in [-0.1, -0.05) is 51.8 Å². The molecule has 1 nitrogen and oxygen atoms in total. The predicted molar refractivity (Wildman–Crippen MR) is 83.9 cm³/mol. The molecule has 0 aromatic heterocycles. The topological polar surface area (TPSA) is 20.2 Å². The van der Waals surface area contributed by atoms with Gasteiger partial charge in [-0.15, -0.1) is 0 Å². The van der Waals surface area contributed by atoms with E-state index in [-0.39, 0.29) is 0 Å². The molecule has 0 aliphatic carbocycles. The summed E-state index contributed by atoms with van der Waals surface area (Å²) in [6, 6.07) is 9.76. The summed E-state index contributed by atoms with van der Waals surface area (Å²) in [5.41, 5.74) is 4.86. The third-order valence-electron chi connectivity index (χ3n) is 3.36. The van der Waals surface area contributed by atoms with Gasteiger partial charge in [-0.25, -0.2) is 0 Å². The summed E-state index contributed by atoms with van der Waals surface area (Å²) < 4.78 is 0.953. The van der Waals surface area contributed by atoms with Gasteiger partial charge in [0.15, 0.2) is 0 Å². The Kier molecular flexibility index (Phi) is 4.34. The molecular formula is C16H16BrClO. The van der Waals surface area contributed by atoms with E-state index >= 15 is 0 Å². The quantitative estimate of drug-likeness (QED) is 0.806. The van der Waals surface area contributed by atoms with Crippen LogP contribution in [0.5, 0.6) is 0 Å². The molecule has 0 aliphatic rings. The Labute approximate surface area is 127 Å². The van der Waals surface area contributed by atoms with Crippen LogP contribution in [-0.2, 0) is 0 Å². The summed E-state index contributed by atoms with van der Waals surface area (Å²) in [5.74, 6) is 0. The number of aliphatic hydroxyl groups is 1. The third-order valence-corrected chi connectivity index (χ3v) is 4.85. The monoisotopic (exact) mass is 338 g/mol. The number of aryl methyl sites for hydroxylation is 3. The molecule has 0 heterocycles. The molecule has 2 rings (SSSR count). The molecule has 2 aromatic rings. The second-order valence-corrected chi connectivity index (χ2v) is 6.04. The van der Waals surface area contributed by atoms with Crippen molar-refractivity contribution >= 4 is 27.5 Å². The van der Waals surface area contributed by atoms with E-state index in [1.807, 2.05) is 51.1 Å². The second kappa shape index (κ2) is 5.66. The van der Waals surface area contributed by atoms with Gasteiger partial charge in [0.1, 0.15) is 6.10 Å². The first-order valence-electron chi connectivity index (χ1n) is 6.11. The highest BCUT2D eigenvalue weighted by Crippen LogP contribution is 2.33. The molecular weight excluding hydrogens is 324 g/mol. The highest BCUT2D eigenvalue weighted by atomic mass is 79.9. The van der Waals surface area contributed by atoms with Gasteiger partial charge in [0.05, 0.1) is 0 Å². The second-order valence-electron chi connectivity index (χ2n) is 4.84. The van der Waals surface area contributed by atoms with Crippen molar-refractivity contribution in [3.63, 3.8) is 0 Å². The van der Waals surface area contributed by atoms with Gasteiger partial charge in [0.25, 0.3) is 0 Å². The fraction of sp³-hybridized carbons (Fsp3) is 0.250. The molecule has 0 aliphatic heterocycles. The molecule has 100 valence electrons. The van der Waals surface area contributed by atoms with E-state index in [1.165, 1.54) is 0 Å². The zero-order chi connectivity index (χ0) is 14.2. The Bertz CT molecular complexity index is 622. The minimum absolute atomic E-state index is 0.648. The highest BCUT2D eigenvalue weighted by molar-refractivity contribution is 9.10. The maximum Gasteiger partial charge on any atom is 0.105 e. The molecule has 2 aromatic carbocycles. The van der Waals surface area contributed by atoms with Crippen LogP contribution in [0, 0.1) is 20.8 Å². The van der Waals surface area contributed by atoms with Crippen molar-refractivity contribution in [1.82, 2.24) is 0 Å². The summed E-state index contributed by atoms with van der Waals surface area (Å²) in [4.78, 5) is 0. The van der Waals surface area contributed by atoms with Crippen molar-refractivity contribution < 1.29 is 5.11 Å². The van der Waals surface area contributed by atoms with Gasteiger partial charge >= 0.3 is 0 Å². The van der Waals surface area contributed by atoms with Crippen molar-refractivity contribution in [2.45, 2.75) is 26.9 Å². The van der Waals surface area contributed by atoms with E-state index in [9.17, 15) is 5.11 Å². The number of hydrogen-bond donors (Lipinski definition) is 1. The number of aliphatic hydroxyl groups excluding tert-OH is 1. The van der Waals surface area contributed by atoms with E-state index in [4.69, 9.17) is 11.6 Å². The molecule has 1 atom stereocenters. The van der Waals surface area contributed by atoms with Crippen LogP contribution in [0.4, 0.5) is 0 Å². The maximum atomic E-state index is 10.6.